The molecule has 2 aliphatic heterocycles. The number of carbonyl (C=O) groups excluding carboxylic acids is 3. The number of hydrogen-bond acceptors (Lipinski definition) is 9. The second-order valence-electron chi connectivity index (χ2n) is 6.51. The number of amides is 3. The Kier molecular flexibility index (Phi) is 6.79. The van der Waals surface area contributed by atoms with Crippen LogP contribution in [0.4, 0.5) is 4.79 Å². The summed E-state index contributed by atoms with van der Waals surface area (Å²) < 4.78 is 4.66. The molecule has 2 heterocycles. The minimum atomic E-state index is -1.38. The van der Waals surface area contributed by atoms with Crippen molar-refractivity contribution in [3.8, 4) is 5.75 Å². The van der Waals surface area contributed by atoms with Crippen LogP contribution in [0.3, 0.4) is 0 Å². The highest BCUT2D eigenvalue weighted by Gasteiger charge is 2.54. The second-order valence-corrected chi connectivity index (χ2v) is 8.03. The molecule has 1 saturated heterocycles. The highest BCUT2D eigenvalue weighted by Crippen LogP contribution is 2.40. The summed E-state index contributed by atoms with van der Waals surface area (Å²) in [6, 6.07) is 2.92. The lowest BCUT2D eigenvalue weighted by atomic mass is 10.0. The van der Waals surface area contributed by atoms with Gasteiger partial charge in [-0.1, -0.05) is 16.8 Å². The van der Waals surface area contributed by atoms with Crippen LogP contribution in [-0.4, -0.2) is 75.6 Å². The highest BCUT2D eigenvalue weighted by molar-refractivity contribution is 8.00. The number of carbonyl (C=O) groups is 4. The van der Waals surface area contributed by atoms with Crippen LogP contribution < -0.4 is 11.1 Å². The number of aliphatic carboxylic acids is 1. The molecule has 0 bridgehead atoms. The first-order chi connectivity index (χ1) is 15.1. The second kappa shape index (κ2) is 9.36. The molecule has 170 valence electrons. The van der Waals surface area contributed by atoms with Crippen LogP contribution in [0, 0.1) is 0 Å². The predicted octanol–water partition coefficient (Wildman–Crippen LogP) is 0.230. The maximum Gasteiger partial charge on any atom is 0.404 e. The summed E-state index contributed by atoms with van der Waals surface area (Å²) in [6.07, 6.45) is -1.08. The van der Waals surface area contributed by atoms with E-state index in [9.17, 15) is 29.4 Å². The van der Waals surface area contributed by atoms with Crippen LogP contribution in [0.2, 0.25) is 5.02 Å². The molecule has 0 aliphatic carbocycles. The largest absolute Gasteiger partial charge is 0.506 e. The van der Waals surface area contributed by atoms with Gasteiger partial charge in [0.25, 0.3) is 11.8 Å². The van der Waals surface area contributed by atoms with Crippen molar-refractivity contribution in [2.24, 2.45) is 10.9 Å². The van der Waals surface area contributed by atoms with Gasteiger partial charge in [-0.3, -0.25) is 14.5 Å². The van der Waals surface area contributed by atoms with E-state index in [4.69, 9.17) is 22.2 Å². The van der Waals surface area contributed by atoms with E-state index in [1.807, 2.05) is 0 Å². The Morgan fingerprint density at radius 2 is 2.12 bits per heavy atom. The molecule has 0 spiro atoms. The molecule has 1 unspecified atom stereocenters. The number of thioether (sulfide) groups is 1. The molecule has 14 heteroatoms. The summed E-state index contributed by atoms with van der Waals surface area (Å²) in [6.45, 7) is -0.371. The number of benzene rings is 1. The number of carboxylic acid groups (broad SMARTS) is 1. The average Bonchev–Trinajstić information content (AvgIpc) is 2.75. The number of phenols is 1. The van der Waals surface area contributed by atoms with Gasteiger partial charge in [0.2, 0.25) is 0 Å². The zero-order chi connectivity index (χ0) is 23.6. The zero-order valence-electron chi connectivity index (χ0n) is 16.4. The Bertz CT molecular complexity index is 1060. The third-order valence-corrected chi connectivity index (χ3v) is 6.19. The van der Waals surface area contributed by atoms with Gasteiger partial charge in [-0.05, 0) is 18.2 Å². The van der Waals surface area contributed by atoms with E-state index in [1.54, 1.807) is 0 Å². The summed E-state index contributed by atoms with van der Waals surface area (Å²) in [5.41, 5.74) is 4.83. The molecule has 1 aromatic carbocycles. The molecular formula is C18H17ClN4O8S. The topological polar surface area (TPSA) is 181 Å². The van der Waals surface area contributed by atoms with Crippen molar-refractivity contribution in [1.29, 1.82) is 0 Å². The standard InChI is InChI=1S/C18H17ClN4O8S/c1-30-22-11(7-2-3-10(24)9(19)4-7)14(25)21-12-15(26)23-13(17(27)28)8(5-31-18(20)29)6-32-16(12)23/h2-4,12,16,24H,5-6H2,1H3,(H2,20,29)(H,21,25)(H,27,28)/t12?,16-/m1/s1. The van der Waals surface area contributed by atoms with Crippen LogP contribution in [-0.2, 0) is 24.0 Å². The number of carboxylic acids is 1. The van der Waals surface area contributed by atoms with Gasteiger partial charge in [0.1, 0.15) is 36.6 Å². The fourth-order valence-corrected chi connectivity index (χ4v) is 4.64. The Morgan fingerprint density at radius 3 is 2.72 bits per heavy atom. The van der Waals surface area contributed by atoms with Crippen LogP contribution >= 0.6 is 23.4 Å². The van der Waals surface area contributed by atoms with E-state index < -0.39 is 35.3 Å². The fourth-order valence-electron chi connectivity index (χ4n) is 3.13. The van der Waals surface area contributed by atoms with Gasteiger partial charge in [0, 0.05) is 16.9 Å². The van der Waals surface area contributed by atoms with Crippen molar-refractivity contribution in [2.45, 2.75) is 11.4 Å². The van der Waals surface area contributed by atoms with Crippen molar-refractivity contribution >= 4 is 53.0 Å². The molecule has 0 aromatic heterocycles. The Labute approximate surface area is 189 Å². The lowest BCUT2D eigenvalue weighted by molar-refractivity contribution is -0.150. The molecule has 3 amide bonds. The number of nitrogens with one attached hydrogen (secondary N) is 1. The maximum atomic E-state index is 12.8. The van der Waals surface area contributed by atoms with Crippen LogP contribution in [0.1, 0.15) is 5.56 Å². The number of rotatable bonds is 7. The first kappa shape index (κ1) is 23.2. The number of fused-ring (bicyclic) bond motifs is 1. The average molecular weight is 485 g/mol. The Morgan fingerprint density at radius 1 is 1.41 bits per heavy atom. The number of primary amides is 1. The molecule has 1 aromatic rings. The van der Waals surface area contributed by atoms with Crippen molar-refractivity contribution in [2.75, 3.05) is 19.5 Å². The molecule has 1 fully saturated rings. The van der Waals surface area contributed by atoms with Crippen molar-refractivity contribution in [1.82, 2.24) is 10.2 Å². The van der Waals surface area contributed by atoms with Crippen LogP contribution in [0.5, 0.6) is 5.75 Å². The predicted molar refractivity (Wildman–Crippen MR) is 112 cm³/mol. The Hall–Kier alpha value is -3.45. The highest BCUT2D eigenvalue weighted by atomic mass is 35.5. The van der Waals surface area contributed by atoms with Crippen molar-refractivity contribution < 1.29 is 39.0 Å². The first-order valence-corrected chi connectivity index (χ1v) is 10.3. The van der Waals surface area contributed by atoms with Crippen LogP contribution in [0.15, 0.2) is 34.6 Å². The summed E-state index contributed by atoms with van der Waals surface area (Å²) in [7, 11) is 1.22. The number of nitrogens with two attached hydrogens (primary N) is 1. The third-order valence-electron chi connectivity index (χ3n) is 4.54. The summed E-state index contributed by atoms with van der Waals surface area (Å²) >= 11 is 7.07. The monoisotopic (exact) mass is 484 g/mol. The molecule has 12 nitrogen and oxygen atoms in total. The molecule has 2 atom stereocenters. The normalized spacial score (nSPS) is 20.2. The van der Waals surface area contributed by atoms with Gasteiger partial charge in [0.05, 0.1) is 5.02 Å². The SMILES string of the molecule is CON=C(C(=O)NC1C(=O)N2C(C(=O)O)=C(COC(N)=O)CS[C@H]12)c1ccc(O)c(Cl)c1. The molecule has 32 heavy (non-hydrogen) atoms. The van der Waals surface area contributed by atoms with Crippen molar-refractivity contribution in [3.05, 3.63) is 40.1 Å². The van der Waals surface area contributed by atoms with Crippen LogP contribution in [0.25, 0.3) is 0 Å². The summed E-state index contributed by atoms with van der Waals surface area (Å²) in [5.74, 6) is -2.86. The lowest BCUT2D eigenvalue weighted by Crippen LogP contribution is -2.71. The number of aromatic hydroxyl groups is 1. The molecule has 3 rings (SSSR count). The molecule has 0 radical (unpaired) electrons. The van der Waals surface area contributed by atoms with Gasteiger partial charge < -0.3 is 30.8 Å². The molecule has 0 saturated carbocycles. The van der Waals surface area contributed by atoms with E-state index in [0.29, 0.717) is 0 Å². The molecular weight excluding hydrogens is 468 g/mol. The quantitative estimate of drug-likeness (QED) is 0.239. The van der Waals surface area contributed by atoms with E-state index in [2.05, 4.69) is 15.2 Å². The number of oxime groups is 1. The number of halogens is 1. The number of ether oxygens (including phenoxy) is 1. The number of hydrogen-bond donors (Lipinski definition) is 4. The smallest absolute Gasteiger partial charge is 0.404 e. The summed E-state index contributed by atoms with van der Waals surface area (Å²) in [5, 5.41) is 24.6. The Balaban J connectivity index is 1.79. The summed E-state index contributed by atoms with van der Waals surface area (Å²) in [4.78, 5) is 53.8. The van der Waals surface area contributed by atoms with E-state index >= 15 is 0 Å². The number of phenolic OH excluding ortho intramolecular Hbond substituents is 1. The van der Waals surface area contributed by atoms with Gasteiger partial charge in [-0.2, -0.15) is 0 Å². The first-order valence-electron chi connectivity index (χ1n) is 8.88. The van der Waals surface area contributed by atoms with Gasteiger partial charge in [-0.15, -0.1) is 11.8 Å². The lowest BCUT2D eigenvalue weighted by Gasteiger charge is -2.49. The van der Waals surface area contributed by atoms with E-state index in [-0.39, 0.29) is 45.7 Å². The van der Waals surface area contributed by atoms with E-state index in [0.717, 1.165) is 4.90 Å². The van der Waals surface area contributed by atoms with E-state index in [1.165, 1.54) is 37.1 Å². The van der Waals surface area contributed by atoms with Gasteiger partial charge >= 0.3 is 12.1 Å². The number of β-lactam (4-membered cyclic amide) rings is 1. The zero-order valence-corrected chi connectivity index (χ0v) is 18.0. The minimum Gasteiger partial charge on any atom is -0.506 e. The maximum absolute atomic E-state index is 12.8. The third kappa shape index (κ3) is 4.43. The fraction of sp³-hybridized carbons (Fsp3) is 0.278. The van der Waals surface area contributed by atoms with Crippen molar-refractivity contribution in [3.63, 3.8) is 0 Å². The number of nitrogens with zero attached hydrogens (tertiary/aromatic N) is 2. The minimum absolute atomic E-state index is 0.0187. The van der Waals surface area contributed by atoms with Gasteiger partial charge in [0.15, 0.2) is 5.71 Å². The molecule has 2 aliphatic rings. The molecule has 5 N–H and O–H groups in total. The van der Waals surface area contributed by atoms with Gasteiger partial charge in [-0.25, -0.2) is 9.59 Å².